The van der Waals surface area contributed by atoms with Crippen LogP contribution in [0.25, 0.3) is 10.8 Å². The Morgan fingerprint density at radius 2 is 1.81 bits per heavy atom. The molecule has 0 aromatic heterocycles. The van der Waals surface area contributed by atoms with Gasteiger partial charge < -0.3 is 10.1 Å². The molecule has 2 nitrogen and oxygen atoms in total. The van der Waals surface area contributed by atoms with Gasteiger partial charge in [0.15, 0.2) is 0 Å². The first-order valence-corrected chi connectivity index (χ1v) is 8.85. The van der Waals surface area contributed by atoms with Crippen LogP contribution in [0.15, 0.2) is 65.4 Å². The lowest BCUT2D eigenvalue weighted by molar-refractivity contribution is 0.279. The van der Waals surface area contributed by atoms with Gasteiger partial charge in [0.05, 0.1) is 0 Å². The lowest BCUT2D eigenvalue weighted by atomic mass is 10.1. The van der Waals surface area contributed by atoms with Gasteiger partial charge in [0, 0.05) is 11.8 Å². The standard InChI is InChI=1S/C18H21NOS/c1-19-12-11-18(21-13-4-5-14-21)20-17-10-6-8-15-7-2-3-9-16(15)17/h2-10,13-14,18-19,21H,11-12H2,1H3. The third kappa shape index (κ3) is 3.31. The second kappa shape index (κ2) is 6.83. The van der Waals surface area contributed by atoms with E-state index in [4.69, 9.17) is 4.74 Å². The monoisotopic (exact) mass is 299 g/mol. The van der Waals surface area contributed by atoms with Gasteiger partial charge in [-0.05, 0) is 35.9 Å². The first-order chi connectivity index (χ1) is 10.4. The van der Waals surface area contributed by atoms with Crippen molar-refractivity contribution in [1.29, 1.82) is 0 Å². The maximum atomic E-state index is 6.40. The van der Waals surface area contributed by atoms with Crippen LogP contribution in [0.1, 0.15) is 6.42 Å². The minimum atomic E-state index is -0.323. The van der Waals surface area contributed by atoms with E-state index in [1.54, 1.807) is 0 Å². The molecule has 1 heterocycles. The molecule has 3 rings (SSSR count). The average molecular weight is 299 g/mol. The van der Waals surface area contributed by atoms with Crippen molar-refractivity contribution in [3.8, 4) is 5.75 Å². The second-order valence-electron chi connectivity index (χ2n) is 5.07. The zero-order chi connectivity index (χ0) is 14.5. The molecule has 21 heavy (non-hydrogen) atoms. The van der Waals surface area contributed by atoms with Crippen LogP contribution in [0.5, 0.6) is 5.75 Å². The van der Waals surface area contributed by atoms with Gasteiger partial charge in [-0.15, -0.1) is 0 Å². The van der Waals surface area contributed by atoms with Crippen molar-refractivity contribution in [1.82, 2.24) is 5.32 Å². The van der Waals surface area contributed by atoms with Crippen molar-refractivity contribution in [2.24, 2.45) is 0 Å². The van der Waals surface area contributed by atoms with Crippen molar-refractivity contribution >= 4 is 21.7 Å². The first kappa shape index (κ1) is 14.2. The first-order valence-electron chi connectivity index (χ1n) is 7.30. The van der Waals surface area contributed by atoms with Crippen LogP contribution in [0.3, 0.4) is 0 Å². The summed E-state index contributed by atoms with van der Waals surface area (Å²) in [6.07, 6.45) is 5.27. The summed E-state index contributed by atoms with van der Waals surface area (Å²) in [7, 11) is 1.67. The van der Waals surface area contributed by atoms with Crippen LogP contribution >= 0.6 is 10.9 Å². The molecule has 0 amide bonds. The number of ether oxygens (including phenoxy) is 1. The van der Waals surface area contributed by atoms with Crippen molar-refractivity contribution < 1.29 is 4.74 Å². The molecule has 0 fully saturated rings. The highest BCUT2D eigenvalue weighted by molar-refractivity contribution is 8.22. The molecular formula is C18H21NOS. The topological polar surface area (TPSA) is 21.3 Å². The summed E-state index contributed by atoms with van der Waals surface area (Å²) < 4.78 is 6.40. The van der Waals surface area contributed by atoms with E-state index >= 15 is 0 Å². The molecule has 0 radical (unpaired) electrons. The molecule has 2 aromatic rings. The van der Waals surface area contributed by atoms with Crippen LogP contribution in [0.2, 0.25) is 0 Å². The number of benzene rings is 2. The number of fused-ring (bicyclic) bond motifs is 1. The Balaban J connectivity index is 1.86. The van der Waals surface area contributed by atoms with E-state index in [-0.39, 0.29) is 16.3 Å². The second-order valence-corrected chi connectivity index (χ2v) is 7.14. The number of thiol groups is 1. The van der Waals surface area contributed by atoms with Crippen molar-refractivity contribution in [3.63, 3.8) is 0 Å². The molecule has 0 saturated heterocycles. The minimum absolute atomic E-state index is 0.230. The Kier molecular flexibility index (Phi) is 4.63. The van der Waals surface area contributed by atoms with E-state index in [2.05, 4.69) is 70.7 Å². The van der Waals surface area contributed by atoms with E-state index in [1.807, 2.05) is 7.05 Å². The molecule has 110 valence electrons. The van der Waals surface area contributed by atoms with Gasteiger partial charge in [-0.3, -0.25) is 0 Å². The van der Waals surface area contributed by atoms with Gasteiger partial charge in [-0.25, -0.2) is 0 Å². The van der Waals surface area contributed by atoms with Crippen LogP contribution in [0.4, 0.5) is 0 Å². The fraction of sp³-hybridized carbons (Fsp3) is 0.222. The maximum absolute atomic E-state index is 6.40. The van der Waals surface area contributed by atoms with Crippen LogP contribution in [-0.2, 0) is 0 Å². The zero-order valence-corrected chi connectivity index (χ0v) is 13.1. The molecule has 0 spiro atoms. The lowest BCUT2D eigenvalue weighted by Gasteiger charge is -2.26. The smallest absolute Gasteiger partial charge is 0.134 e. The molecule has 0 bridgehead atoms. The Morgan fingerprint density at radius 1 is 1.05 bits per heavy atom. The van der Waals surface area contributed by atoms with E-state index < -0.39 is 0 Å². The highest BCUT2D eigenvalue weighted by Crippen LogP contribution is 2.41. The Bertz CT molecular complexity index is 648. The highest BCUT2D eigenvalue weighted by atomic mass is 32.2. The SMILES string of the molecule is CNCCC(Oc1cccc2ccccc12)[SH]1C=CC=C1. The van der Waals surface area contributed by atoms with Gasteiger partial charge >= 0.3 is 0 Å². The Hall–Kier alpha value is -1.71. The zero-order valence-electron chi connectivity index (χ0n) is 12.2. The van der Waals surface area contributed by atoms with Crippen LogP contribution < -0.4 is 10.1 Å². The normalized spacial score (nSPS) is 16.5. The number of nitrogens with one attached hydrogen (secondary N) is 1. The largest absolute Gasteiger partial charge is 0.480 e. The molecule has 0 aliphatic carbocycles. The van der Waals surface area contributed by atoms with Gasteiger partial charge in [0.1, 0.15) is 11.2 Å². The molecule has 1 aliphatic heterocycles. The van der Waals surface area contributed by atoms with Gasteiger partial charge in [0.2, 0.25) is 0 Å². The summed E-state index contributed by atoms with van der Waals surface area (Å²) >= 11 is 0. The quantitative estimate of drug-likeness (QED) is 0.780. The Morgan fingerprint density at radius 3 is 2.62 bits per heavy atom. The van der Waals surface area contributed by atoms with E-state index in [1.165, 1.54) is 10.8 Å². The molecule has 1 aliphatic rings. The van der Waals surface area contributed by atoms with Gasteiger partial charge in [-0.2, -0.15) is 10.9 Å². The van der Waals surface area contributed by atoms with E-state index in [0.717, 1.165) is 18.7 Å². The fourth-order valence-corrected chi connectivity index (χ4v) is 4.26. The number of hydrogen-bond donors (Lipinski definition) is 2. The van der Waals surface area contributed by atoms with Crippen molar-refractivity contribution in [2.45, 2.75) is 11.9 Å². The molecule has 1 N–H and O–H groups in total. The van der Waals surface area contributed by atoms with E-state index in [0.29, 0.717) is 0 Å². The van der Waals surface area contributed by atoms with E-state index in [9.17, 15) is 0 Å². The third-order valence-electron chi connectivity index (χ3n) is 3.61. The molecule has 1 atom stereocenters. The van der Waals surface area contributed by atoms with Crippen LogP contribution in [-0.4, -0.2) is 19.0 Å². The average Bonchev–Trinajstić information content (AvgIpc) is 3.06. The van der Waals surface area contributed by atoms with Crippen LogP contribution in [0, 0.1) is 0 Å². The fourth-order valence-electron chi connectivity index (χ4n) is 2.52. The summed E-state index contributed by atoms with van der Waals surface area (Å²) in [6, 6.07) is 14.7. The summed E-state index contributed by atoms with van der Waals surface area (Å²) in [5.41, 5.74) is 0.230. The predicted molar refractivity (Wildman–Crippen MR) is 94.2 cm³/mol. The maximum Gasteiger partial charge on any atom is 0.134 e. The Labute approximate surface area is 128 Å². The summed E-state index contributed by atoms with van der Waals surface area (Å²) in [5, 5.41) is 10.2. The molecular weight excluding hydrogens is 278 g/mol. The van der Waals surface area contributed by atoms with Crippen molar-refractivity contribution in [3.05, 3.63) is 65.4 Å². The highest BCUT2D eigenvalue weighted by Gasteiger charge is 2.17. The summed E-state index contributed by atoms with van der Waals surface area (Å²) in [4.78, 5) is 0. The number of hydrogen-bond acceptors (Lipinski definition) is 2. The van der Waals surface area contributed by atoms with Gasteiger partial charge in [-0.1, -0.05) is 48.6 Å². The lowest BCUT2D eigenvalue weighted by Crippen LogP contribution is -2.21. The molecule has 2 aromatic carbocycles. The van der Waals surface area contributed by atoms with Crippen molar-refractivity contribution in [2.75, 3.05) is 13.6 Å². The summed E-state index contributed by atoms with van der Waals surface area (Å²) in [5.74, 6) is 0.991. The minimum Gasteiger partial charge on any atom is -0.480 e. The third-order valence-corrected chi connectivity index (χ3v) is 5.68. The van der Waals surface area contributed by atoms with Gasteiger partial charge in [0.25, 0.3) is 0 Å². The predicted octanol–water partition coefficient (Wildman–Crippen LogP) is 4.20. The molecule has 3 heteroatoms. The number of allylic oxidation sites excluding steroid dienone is 2. The number of rotatable bonds is 6. The molecule has 0 saturated carbocycles. The summed E-state index contributed by atoms with van der Waals surface area (Å²) in [6.45, 7) is 0.968. The molecule has 1 unspecified atom stereocenters.